The zero-order valence-corrected chi connectivity index (χ0v) is 11.6. The lowest BCUT2D eigenvalue weighted by atomic mass is 10.1. The fraction of sp³-hybridized carbons (Fsp3) is 0.143. The van der Waals surface area contributed by atoms with Crippen molar-refractivity contribution in [2.75, 3.05) is 0 Å². The molecule has 1 unspecified atom stereocenters. The molecule has 2 aromatic rings. The lowest BCUT2D eigenvalue weighted by Crippen LogP contribution is -2.65. The number of nitrogens with zero attached hydrogens (tertiary/aromatic N) is 1. The number of fused-ring (bicyclic) bond motifs is 1. The Labute approximate surface area is 125 Å². The second-order valence-electron chi connectivity index (χ2n) is 4.82. The van der Waals surface area contributed by atoms with Gasteiger partial charge in [-0.05, 0) is 12.1 Å². The second kappa shape index (κ2) is 5.78. The number of nitrogens with one attached hydrogen (secondary N) is 1. The first-order chi connectivity index (χ1) is 10.3. The number of carbonyl (C=O) groups excluding carboxylic acids is 3. The third kappa shape index (κ3) is 3.18. The standard InChI is InChI=1S/C14H15N5O3/c15-11(20)7-14(17,13(16)22)19-12(21)10-6-5-8-3-1-2-4-9(8)18-10/h1-6H,7,17H2,(H2,15,20)(H2,16,22)(H,19,21). The number of benzene rings is 1. The highest BCUT2D eigenvalue weighted by molar-refractivity contribution is 6.00. The van der Waals surface area contributed by atoms with Crippen LogP contribution in [0.2, 0.25) is 0 Å². The third-order valence-electron chi connectivity index (χ3n) is 3.06. The van der Waals surface area contributed by atoms with Gasteiger partial charge in [-0.25, -0.2) is 4.98 Å². The van der Waals surface area contributed by atoms with E-state index in [-0.39, 0.29) is 5.69 Å². The number of hydrogen-bond donors (Lipinski definition) is 4. The SMILES string of the molecule is NC(=O)CC(N)(NC(=O)c1ccc2ccccc2n1)C(N)=O. The van der Waals surface area contributed by atoms with Crippen molar-refractivity contribution in [2.45, 2.75) is 12.1 Å². The number of amides is 3. The smallest absolute Gasteiger partial charge is 0.271 e. The minimum absolute atomic E-state index is 0.0410. The predicted molar refractivity (Wildman–Crippen MR) is 79.1 cm³/mol. The van der Waals surface area contributed by atoms with Crippen LogP contribution >= 0.6 is 0 Å². The van der Waals surface area contributed by atoms with Gasteiger partial charge in [0.25, 0.3) is 11.8 Å². The molecule has 0 aliphatic heterocycles. The Hall–Kier alpha value is -3.00. The van der Waals surface area contributed by atoms with E-state index in [0.29, 0.717) is 5.52 Å². The third-order valence-corrected chi connectivity index (χ3v) is 3.06. The topological polar surface area (TPSA) is 154 Å². The number of pyridine rings is 1. The summed E-state index contributed by atoms with van der Waals surface area (Å²) < 4.78 is 0. The quantitative estimate of drug-likeness (QED) is 0.520. The summed E-state index contributed by atoms with van der Waals surface area (Å²) >= 11 is 0. The maximum absolute atomic E-state index is 12.2. The van der Waals surface area contributed by atoms with Gasteiger partial charge < -0.3 is 22.5 Å². The van der Waals surface area contributed by atoms with Crippen LogP contribution in [0.3, 0.4) is 0 Å². The summed E-state index contributed by atoms with van der Waals surface area (Å²) in [7, 11) is 0. The van der Waals surface area contributed by atoms with Crippen molar-refractivity contribution in [1.82, 2.24) is 10.3 Å². The van der Waals surface area contributed by atoms with E-state index >= 15 is 0 Å². The van der Waals surface area contributed by atoms with Crippen molar-refractivity contribution in [2.24, 2.45) is 17.2 Å². The summed E-state index contributed by atoms with van der Waals surface area (Å²) in [5, 5.41) is 3.06. The number of aromatic nitrogens is 1. The molecule has 7 N–H and O–H groups in total. The van der Waals surface area contributed by atoms with E-state index in [4.69, 9.17) is 17.2 Å². The Kier molecular flexibility index (Phi) is 4.04. The van der Waals surface area contributed by atoms with Crippen LogP contribution in [0, 0.1) is 0 Å². The van der Waals surface area contributed by atoms with Gasteiger partial charge in [0.2, 0.25) is 5.91 Å². The van der Waals surface area contributed by atoms with Gasteiger partial charge in [0.15, 0.2) is 5.66 Å². The van der Waals surface area contributed by atoms with E-state index in [1.54, 1.807) is 18.2 Å². The van der Waals surface area contributed by atoms with Crippen LogP contribution in [0.1, 0.15) is 16.9 Å². The molecule has 2 rings (SSSR count). The van der Waals surface area contributed by atoms with Crippen molar-refractivity contribution in [1.29, 1.82) is 0 Å². The van der Waals surface area contributed by atoms with Gasteiger partial charge in [-0.15, -0.1) is 0 Å². The Bertz CT molecular complexity index is 761. The minimum atomic E-state index is -2.06. The van der Waals surface area contributed by atoms with E-state index in [1.165, 1.54) is 6.07 Å². The highest BCUT2D eigenvalue weighted by Gasteiger charge is 2.36. The summed E-state index contributed by atoms with van der Waals surface area (Å²) in [4.78, 5) is 38.7. The second-order valence-corrected chi connectivity index (χ2v) is 4.82. The molecule has 114 valence electrons. The van der Waals surface area contributed by atoms with Crippen LogP contribution in [-0.2, 0) is 9.59 Å². The van der Waals surface area contributed by atoms with E-state index in [2.05, 4.69) is 10.3 Å². The lowest BCUT2D eigenvalue weighted by Gasteiger charge is -2.25. The van der Waals surface area contributed by atoms with Crippen LogP contribution in [-0.4, -0.2) is 28.4 Å². The Morgan fingerprint density at radius 2 is 1.77 bits per heavy atom. The molecule has 0 fully saturated rings. The van der Waals surface area contributed by atoms with Gasteiger partial charge in [-0.1, -0.05) is 24.3 Å². The van der Waals surface area contributed by atoms with Gasteiger partial charge in [-0.3, -0.25) is 14.4 Å². The average Bonchev–Trinajstić information content (AvgIpc) is 2.45. The van der Waals surface area contributed by atoms with Gasteiger partial charge in [-0.2, -0.15) is 0 Å². The van der Waals surface area contributed by atoms with E-state index in [0.717, 1.165) is 5.39 Å². The monoisotopic (exact) mass is 301 g/mol. The first-order valence-corrected chi connectivity index (χ1v) is 6.37. The first-order valence-electron chi connectivity index (χ1n) is 6.37. The molecule has 1 aromatic carbocycles. The Morgan fingerprint density at radius 1 is 1.09 bits per heavy atom. The Morgan fingerprint density at radius 3 is 2.41 bits per heavy atom. The number of primary amides is 2. The number of carbonyl (C=O) groups is 3. The highest BCUT2D eigenvalue weighted by Crippen LogP contribution is 2.12. The molecule has 8 heteroatoms. The van der Waals surface area contributed by atoms with Crippen molar-refractivity contribution >= 4 is 28.6 Å². The largest absolute Gasteiger partial charge is 0.370 e. The molecule has 0 spiro atoms. The number of para-hydroxylation sites is 1. The molecular weight excluding hydrogens is 286 g/mol. The van der Waals surface area contributed by atoms with Crippen molar-refractivity contribution in [3.8, 4) is 0 Å². The minimum Gasteiger partial charge on any atom is -0.370 e. The van der Waals surface area contributed by atoms with Gasteiger partial charge in [0.1, 0.15) is 5.69 Å². The Balaban J connectivity index is 2.29. The molecule has 1 heterocycles. The average molecular weight is 301 g/mol. The number of hydrogen-bond acceptors (Lipinski definition) is 5. The van der Waals surface area contributed by atoms with Crippen LogP contribution in [0.5, 0.6) is 0 Å². The number of rotatable bonds is 5. The zero-order chi connectivity index (χ0) is 16.3. The first kappa shape index (κ1) is 15.4. The summed E-state index contributed by atoms with van der Waals surface area (Å²) in [6.07, 6.45) is -0.609. The molecule has 0 bridgehead atoms. The van der Waals surface area contributed by atoms with Gasteiger partial charge in [0.05, 0.1) is 11.9 Å². The molecule has 1 aromatic heterocycles. The number of nitrogens with two attached hydrogens (primary N) is 3. The molecule has 8 nitrogen and oxygen atoms in total. The maximum atomic E-state index is 12.2. The predicted octanol–water partition coefficient (Wildman–Crippen LogP) is -1.02. The molecule has 0 aliphatic rings. The van der Waals surface area contributed by atoms with E-state index in [1.807, 2.05) is 12.1 Å². The van der Waals surface area contributed by atoms with Crippen LogP contribution in [0.25, 0.3) is 10.9 Å². The molecule has 1 atom stereocenters. The molecule has 0 saturated carbocycles. The fourth-order valence-electron chi connectivity index (χ4n) is 1.93. The summed E-state index contributed by atoms with van der Waals surface area (Å²) in [6.45, 7) is 0. The molecule has 22 heavy (non-hydrogen) atoms. The van der Waals surface area contributed by atoms with Crippen molar-refractivity contribution in [3.05, 3.63) is 42.1 Å². The van der Waals surface area contributed by atoms with Crippen LogP contribution in [0.4, 0.5) is 0 Å². The molecule has 0 aliphatic carbocycles. The zero-order valence-electron chi connectivity index (χ0n) is 11.6. The van der Waals surface area contributed by atoms with Crippen LogP contribution in [0.15, 0.2) is 36.4 Å². The van der Waals surface area contributed by atoms with Gasteiger partial charge >= 0.3 is 0 Å². The van der Waals surface area contributed by atoms with Crippen molar-refractivity contribution < 1.29 is 14.4 Å². The van der Waals surface area contributed by atoms with Crippen LogP contribution < -0.4 is 22.5 Å². The molecule has 0 radical (unpaired) electrons. The van der Waals surface area contributed by atoms with Gasteiger partial charge in [0, 0.05) is 5.39 Å². The molecule has 3 amide bonds. The summed E-state index contributed by atoms with van der Waals surface area (Å²) in [6, 6.07) is 10.4. The fourth-order valence-corrected chi connectivity index (χ4v) is 1.93. The van der Waals surface area contributed by atoms with Crippen molar-refractivity contribution in [3.63, 3.8) is 0 Å². The van der Waals surface area contributed by atoms with E-state index in [9.17, 15) is 14.4 Å². The summed E-state index contributed by atoms with van der Waals surface area (Å²) in [5.41, 5.74) is 14.4. The highest BCUT2D eigenvalue weighted by atomic mass is 16.2. The molecule has 0 saturated heterocycles. The lowest BCUT2D eigenvalue weighted by molar-refractivity contribution is -0.129. The maximum Gasteiger partial charge on any atom is 0.271 e. The summed E-state index contributed by atoms with van der Waals surface area (Å²) in [5.74, 6) is -2.66. The van der Waals surface area contributed by atoms with E-state index < -0.39 is 29.8 Å². The normalized spacial score (nSPS) is 13.3. The molecular formula is C14H15N5O3.